The maximum atomic E-state index is 13.9. The molecule has 0 aromatic carbocycles. The van der Waals surface area contributed by atoms with Crippen molar-refractivity contribution in [1.82, 2.24) is 0 Å². The Morgan fingerprint density at radius 2 is 1.70 bits per heavy atom. The molecule has 0 aliphatic heterocycles. The second-order valence-corrected chi connectivity index (χ2v) is 36.7. The van der Waals surface area contributed by atoms with Gasteiger partial charge in [0.25, 0.3) is 0 Å². The van der Waals surface area contributed by atoms with Crippen molar-refractivity contribution in [2.75, 3.05) is 13.7 Å². The Bertz CT molecular complexity index is 624. The van der Waals surface area contributed by atoms with Gasteiger partial charge < -0.3 is 0 Å². The van der Waals surface area contributed by atoms with Crippen LogP contribution in [-0.2, 0) is 22.0 Å². The summed E-state index contributed by atoms with van der Waals surface area (Å²) in [4.78, 5) is 0. The van der Waals surface area contributed by atoms with Gasteiger partial charge in [0.15, 0.2) is 0 Å². The first kappa shape index (κ1) is 23.2. The van der Waals surface area contributed by atoms with Crippen molar-refractivity contribution < 1.29 is 27.1 Å². The van der Waals surface area contributed by atoms with Crippen LogP contribution in [0.15, 0.2) is 20.0 Å². The molecule has 3 nitrogen and oxygen atoms in total. The molecule has 0 aromatic heterocycles. The number of rotatable bonds is 4. The predicted molar refractivity (Wildman–Crippen MR) is 88.7 cm³/mol. The van der Waals surface area contributed by atoms with Crippen LogP contribution in [0.4, 0.5) is 0 Å². The Morgan fingerprint density at radius 3 is 1.95 bits per heavy atom. The van der Waals surface area contributed by atoms with Gasteiger partial charge >= 0.3 is 110 Å². The molecule has 7 heteroatoms. The average Bonchev–Trinajstić information content (AvgIpc) is 2.44. The summed E-state index contributed by atoms with van der Waals surface area (Å²) in [6, 6.07) is 0. The van der Waals surface area contributed by atoms with E-state index in [0.29, 0.717) is 0 Å². The van der Waals surface area contributed by atoms with Crippen LogP contribution < -0.4 is 0 Å². The summed E-state index contributed by atoms with van der Waals surface area (Å²) in [6.07, 6.45) is 0. The third-order valence-corrected chi connectivity index (χ3v) is 25.0. The fourth-order valence-electron chi connectivity index (χ4n) is 3.35. The minimum atomic E-state index is -5.19. The van der Waals surface area contributed by atoms with Gasteiger partial charge in [-0.2, -0.15) is 0 Å². The number of halogens is 2. The van der Waals surface area contributed by atoms with Crippen molar-refractivity contribution >= 4 is 31.7 Å². The molecule has 0 aromatic rings. The van der Waals surface area contributed by atoms with Crippen LogP contribution in [0, 0.1) is 5.92 Å². The molecule has 0 amide bonds. The van der Waals surface area contributed by atoms with Crippen LogP contribution in [0.5, 0.6) is 0 Å². The first-order chi connectivity index (χ1) is 7.93. The first-order valence-electron chi connectivity index (χ1n) is 6.49. The Labute approximate surface area is 134 Å². The van der Waals surface area contributed by atoms with Crippen molar-refractivity contribution in [2.24, 2.45) is 5.92 Å². The van der Waals surface area contributed by atoms with Crippen LogP contribution >= 0.6 is 24.8 Å². The van der Waals surface area contributed by atoms with E-state index >= 15 is 0 Å². The van der Waals surface area contributed by atoms with E-state index in [1.807, 2.05) is 6.92 Å². The van der Waals surface area contributed by atoms with Crippen LogP contribution in [-0.4, -0.2) is 25.7 Å². The first-order valence-corrected chi connectivity index (χ1v) is 19.8. The number of aliphatic hydroxyl groups is 1. The zero-order valence-corrected chi connectivity index (χ0v) is 18.8. The maximum Gasteiger partial charge on any atom is -0.147 e. The van der Waals surface area contributed by atoms with E-state index in [2.05, 4.69) is 20.8 Å². The van der Waals surface area contributed by atoms with E-state index in [-0.39, 0.29) is 41.5 Å². The molecule has 1 rings (SSSR count). The summed E-state index contributed by atoms with van der Waals surface area (Å²) in [6.45, 7) is 9.68. The largest absolute Gasteiger partial charge is 0.147 e. The maximum absolute atomic E-state index is 13.9. The van der Waals surface area contributed by atoms with Gasteiger partial charge in [0.05, 0.1) is 0 Å². The van der Waals surface area contributed by atoms with E-state index in [9.17, 15) is 7.92 Å². The SMILES string of the molecule is C[O][Zr]([CH3])(=[O])(=[SiH2])([CH2]CO)[C]1=C(C)C(C)=C(C)C1C.Cl.Cl. The predicted octanol–water partition coefficient (Wildman–Crippen LogP) is 3.23. The molecule has 1 aliphatic rings. The molecule has 0 fully saturated rings. The molecule has 0 saturated heterocycles. The van der Waals surface area contributed by atoms with E-state index in [0.717, 1.165) is 8.85 Å². The number of allylic oxidation sites excluding steroid dienone is 4. The molecule has 0 heterocycles. The van der Waals surface area contributed by atoms with Gasteiger partial charge in [0.2, 0.25) is 0 Å². The Hall–Kier alpha value is 0.880. The normalized spacial score (nSPS) is 21.1. The summed E-state index contributed by atoms with van der Waals surface area (Å²) in [5, 5.41) is 9.37. The van der Waals surface area contributed by atoms with Crippen LogP contribution in [0.2, 0.25) is 8.76 Å². The molecular formula is C13H28Cl2O3SiZr. The third-order valence-electron chi connectivity index (χ3n) is 5.06. The summed E-state index contributed by atoms with van der Waals surface area (Å²) >= 11 is -5.19. The van der Waals surface area contributed by atoms with E-state index in [1.54, 1.807) is 4.63 Å². The van der Waals surface area contributed by atoms with Gasteiger partial charge in [-0.1, -0.05) is 0 Å². The van der Waals surface area contributed by atoms with Crippen LogP contribution in [0.25, 0.3) is 0 Å². The van der Waals surface area contributed by atoms with Crippen LogP contribution in [0.3, 0.4) is 0 Å². The monoisotopic (exact) mass is 420 g/mol. The van der Waals surface area contributed by atoms with Crippen molar-refractivity contribution in [3.05, 3.63) is 20.0 Å². The van der Waals surface area contributed by atoms with Gasteiger partial charge in [-0.3, -0.25) is 0 Å². The molecule has 0 spiro atoms. The Kier molecular flexibility index (Phi) is 7.15. The van der Waals surface area contributed by atoms with E-state index in [4.69, 9.17) is 2.81 Å². The van der Waals surface area contributed by atoms with Crippen molar-refractivity contribution in [1.29, 1.82) is 0 Å². The molecular weight excluding hydrogens is 394 g/mol. The third kappa shape index (κ3) is 3.44. The topological polar surface area (TPSA) is 46.5 Å². The van der Waals surface area contributed by atoms with Crippen LogP contribution in [0.1, 0.15) is 27.7 Å². The zero-order chi connectivity index (χ0) is 14.4. The van der Waals surface area contributed by atoms with Gasteiger partial charge in [0, 0.05) is 0 Å². The molecule has 1 N–H and O–H groups in total. The van der Waals surface area contributed by atoms with Crippen molar-refractivity contribution in [3.63, 3.8) is 0 Å². The van der Waals surface area contributed by atoms with Crippen molar-refractivity contribution in [2.45, 2.75) is 36.5 Å². The smallest absolute Gasteiger partial charge is 0.147 e. The molecule has 1 unspecified atom stereocenters. The van der Waals surface area contributed by atoms with Gasteiger partial charge in [0.1, 0.15) is 0 Å². The zero-order valence-electron chi connectivity index (χ0n) is 13.3. The van der Waals surface area contributed by atoms with Gasteiger partial charge in [-0.25, -0.2) is 0 Å². The summed E-state index contributed by atoms with van der Waals surface area (Å²) < 4.78 is 22.6. The number of hydrogen-bond donors (Lipinski definition) is 1. The molecule has 1 aliphatic carbocycles. The van der Waals surface area contributed by atoms with Gasteiger partial charge in [-0.05, 0) is 0 Å². The second kappa shape index (κ2) is 6.17. The number of hydrogen-bond acceptors (Lipinski definition) is 3. The van der Waals surface area contributed by atoms with E-state index in [1.165, 1.54) is 25.1 Å². The molecule has 0 radical (unpaired) electrons. The minimum Gasteiger partial charge on any atom is -0.147 e. The molecule has 20 heavy (non-hydrogen) atoms. The number of aliphatic hydroxyl groups excluding tert-OH is 1. The summed E-state index contributed by atoms with van der Waals surface area (Å²) in [5.74, 6) is 0.147. The Balaban J connectivity index is 0. The minimum absolute atomic E-state index is 0. The quantitative estimate of drug-likeness (QED) is 0.708. The molecule has 0 saturated carbocycles. The van der Waals surface area contributed by atoms with Crippen molar-refractivity contribution in [3.8, 4) is 0 Å². The Morgan fingerprint density at radius 1 is 1.25 bits per heavy atom. The molecule has 0 bridgehead atoms. The molecule has 1 atom stereocenters. The summed E-state index contributed by atoms with van der Waals surface area (Å²) in [5.41, 5.74) is 3.58. The van der Waals surface area contributed by atoms with Gasteiger partial charge in [-0.15, -0.1) is 24.8 Å². The molecule has 120 valence electrons. The standard InChI is InChI=1S/C9H13.C2H5O.CH3O.CH3.2ClH.O.H2Si.Zr/c1-6-5-7(2)9(4)8(6)3;1-2-3;1-2;;;;;;/h6H,1-4H3;3H,1-2H2;1H3;1H3;2*1H;;1H2;/q;;-1;;;;;;+1. The fraction of sp³-hybridized carbons (Fsp3) is 0.692. The second-order valence-electron chi connectivity index (χ2n) is 6.58. The fourth-order valence-corrected chi connectivity index (χ4v) is 18.4. The average molecular weight is 423 g/mol. The summed E-state index contributed by atoms with van der Waals surface area (Å²) in [7, 11) is 1.53. The van der Waals surface area contributed by atoms with E-state index < -0.39 is 16.4 Å².